The van der Waals surface area contributed by atoms with E-state index < -0.39 is 10.0 Å². The number of carbonyl (C=O) groups is 1. The van der Waals surface area contributed by atoms with E-state index >= 15 is 0 Å². The van der Waals surface area contributed by atoms with Gasteiger partial charge in [0.2, 0.25) is 15.9 Å². The fourth-order valence-corrected chi connectivity index (χ4v) is 3.97. The van der Waals surface area contributed by atoms with Crippen LogP contribution in [0.4, 0.5) is 5.69 Å². The quantitative estimate of drug-likeness (QED) is 0.691. The summed E-state index contributed by atoms with van der Waals surface area (Å²) >= 11 is 0. The summed E-state index contributed by atoms with van der Waals surface area (Å²) in [6.45, 7) is 0. The summed E-state index contributed by atoms with van der Waals surface area (Å²) in [6.07, 6.45) is 0.187. The Morgan fingerprint density at radius 1 is 1.00 bits per heavy atom. The Hall–Kier alpha value is -2.90. The molecule has 3 rings (SSSR count). The van der Waals surface area contributed by atoms with Gasteiger partial charge >= 0.3 is 0 Å². The van der Waals surface area contributed by atoms with Crippen molar-refractivity contribution in [2.45, 2.75) is 11.3 Å². The molecular weight excluding hydrogens is 376 g/mol. The molecule has 0 bridgehead atoms. The van der Waals surface area contributed by atoms with Gasteiger partial charge in [0, 0.05) is 19.8 Å². The third-order valence-corrected chi connectivity index (χ3v) is 6.22. The highest BCUT2D eigenvalue weighted by molar-refractivity contribution is 7.89. The molecule has 0 saturated heterocycles. The number of fused-ring (bicyclic) bond motifs is 1. The van der Waals surface area contributed by atoms with Gasteiger partial charge < -0.3 is 10.1 Å². The average molecular weight is 398 g/mol. The number of carbonyl (C=O) groups excluding carboxylic acids is 1. The molecule has 0 heterocycles. The first kappa shape index (κ1) is 19.9. The first-order chi connectivity index (χ1) is 13.3. The summed E-state index contributed by atoms with van der Waals surface area (Å²) in [7, 11) is 0.589. The molecule has 1 amide bonds. The van der Waals surface area contributed by atoms with Crippen molar-refractivity contribution in [1.82, 2.24) is 4.31 Å². The number of amides is 1. The molecule has 0 fully saturated rings. The third-order valence-electron chi connectivity index (χ3n) is 4.38. The number of methoxy groups -OCH3 is 1. The zero-order chi connectivity index (χ0) is 20.3. The molecule has 28 heavy (non-hydrogen) atoms. The van der Waals surface area contributed by atoms with Crippen molar-refractivity contribution in [3.63, 3.8) is 0 Å². The van der Waals surface area contributed by atoms with Crippen LogP contribution in [0.1, 0.15) is 5.56 Å². The lowest BCUT2D eigenvalue weighted by atomic mass is 10.0. The molecular formula is C21H22N2O4S. The zero-order valence-electron chi connectivity index (χ0n) is 16.0. The van der Waals surface area contributed by atoms with E-state index in [-0.39, 0.29) is 23.0 Å². The smallest absolute Gasteiger partial charge is 0.246 e. The third kappa shape index (κ3) is 4.16. The van der Waals surface area contributed by atoms with Crippen LogP contribution in [0.25, 0.3) is 10.8 Å². The molecule has 146 valence electrons. The van der Waals surface area contributed by atoms with Gasteiger partial charge in [0.15, 0.2) is 0 Å². The van der Waals surface area contributed by atoms with E-state index in [0.29, 0.717) is 5.69 Å². The Morgan fingerprint density at radius 3 is 2.39 bits per heavy atom. The van der Waals surface area contributed by atoms with Crippen molar-refractivity contribution < 1.29 is 17.9 Å². The molecule has 0 spiro atoms. The Kier molecular flexibility index (Phi) is 5.67. The number of benzene rings is 3. The molecule has 0 aliphatic carbocycles. The van der Waals surface area contributed by atoms with Crippen LogP contribution >= 0.6 is 0 Å². The highest BCUT2D eigenvalue weighted by atomic mass is 32.2. The maximum absolute atomic E-state index is 12.5. The van der Waals surface area contributed by atoms with Crippen LogP contribution in [0.5, 0.6) is 5.75 Å². The molecule has 1 N–H and O–H groups in total. The van der Waals surface area contributed by atoms with E-state index in [1.807, 2.05) is 42.5 Å². The first-order valence-electron chi connectivity index (χ1n) is 8.69. The largest absolute Gasteiger partial charge is 0.495 e. The van der Waals surface area contributed by atoms with E-state index in [1.165, 1.54) is 33.3 Å². The van der Waals surface area contributed by atoms with Gasteiger partial charge in [-0.3, -0.25) is 4.79 Å². The summed E-state index contributed by atoms with van der Waals surface area (Å²) in [6, 6.07) is 18.4. The van der Waals surface area contributed by atoms with E-state index in [1.54, 1.807) is 6.07 Å². The SMILES string of the molecule is COc1ccc(NC(=O)Cc2ccc3ccccc3c2)cc1S(=O)(=O)N(C)C. The first-order valence-corrected chi connectivity index (χ1v) is 10.1. The molecule has 0 aliphatic heterocycles. The Morgan fingerprint density at radius 2 is 1.71 bits per heavy atom. The monoisotopic (exact) mass is 398 g/mol. The minimum Gasteiger partial charge on any atom is -0.495 e. The standard InChI is InChI=1S/C21H22N2O4S/c1-23(2)28(25,26)20-14-18(10-11-19(20)27-3)22-21(24)13-15-8-9-16-6-4-5-7-17(16)12-15/h4-12,14H,13H2,1-3H3,(H,22,24). The lowest BCUT2D eigenvalue weighted by Crippen LogP contribution is -2.23. The van der Waals surface area contributed by atoms with Gasteiger partial charge in [-0.15, -0.1) is 0 Å². The summed E-state index contributed by atoms with van der Waals surface area (Å²) in [5.74, 6) is -0.00474. The van der Waals surface area contributed by atoms with Gasteiger partial charge in [0.25, 0.3) is 0 Å². The number of nitrogens with zero attached hydrogens (tertiary/aromatic N) is 1. The zero-order valence-corrected chi connectivity index (χ0v) is 16.8. The lowest BCUT2D eigenvalue weighted by molar-refractivity contribution is -0.115. The normalized spacial score (nSPS) is 11.6. The summed E-state index contributed by atoms with van der Waals surface area (Å²) in [4.78, 5) is 12.5. The number of hydrogen-bond donors (Lipinski definition) is 1. The van der Waals surface area contributed by atoms with E-state index in [9.17, 15) is 13.2 Å². The molecule has 0 aromatic heterocycles. The van der Waals surface area contributed by atoms with Crippen LogP contribution in [0, 0.1) is 0 Å². The number of sulfonamides is 1. The second-order valence-electron chi connectivity index (χ2n) is 6.56. The number of anilines is 1. The predicted octanol–water partition coefficient (Wildman–Crippen LogP) is 3.28. The van der Waals surface area contributed by atoms with Crippen LogP contribution in [-0.4, -0.2) is 39.8 Å². The lowest BCUT2D eigenvalue weighted by Gasteiger charge is -2.16. The molecule has 7 heteroatoms. The second-order valence-corrected chi connectivity index (χ2v) is 8.68. The molecule has 0 unspecified atom stereocenters. The van der Waals surface area contributed by atoms with Crippen LogP contribution in [0.3, 0.4) is 0 Å². The fraction of sp³-hybridized carbons (Fsp3) is 0.190. The summed E-state index contributed by atoms with van der Waals surface area (Å²) in [5.41, 5.74) is 1.28. The Labute approximate surface area is 164 Å². The summed E-state index contributed by atoms with van der Waals surface area (Å²) in [5, 5.41) is 4.94. The number of hydrogen-bond acceptors (Lipinski definition) is 4. The number of nitrogens with one attached hydrogen (secondary N) is 1. The van der Waals surface area contributed by atoms with Crippen LogP contribution in [0.2, 0.25) is 0 Å². The topological polar surface area (TPSA) is 75.7 Å². The maximum atomic E-state index is 12.5. The molecule has 0 atom stereocenters. The Balaban J connectivity index is 1.81. The van der Waals surface area contributed by atoms with Gasteiger partial charge in [-0.2, -0.15) is 0 Å². The molecule has 0 radical (unpaired) electrons. The van der Waals surface area contributed by atoms with Crippen molar-refractivity contribution in [2.24, 2.45) is 0 Å². The maximum Gasteiger partial charge on any atom is 0.246 e. The van der Waals surface area contributed by atoms with E-state index in [4.69, 9.17) is 4.74 Å². The highest BCUT2D eigenvalue weighted by Gasteiger charge is 2.23. The van der Waals surface area contributed by atoms with Gasteiger partial charge in [-0.25, -0.2) is 12.7 Å². The van der Waals surface area contributed by atoms with Crippen LogP contribution in [-0.2, 0) is 21.2 Å². The fourth-order valence-electron chi connectivity index (χ4n) is 2.89. The van der Waals surface area contributed by atoms with Gasteiger partial charge in [0.05, 0.1) is 13.5 Å². The molecule has 6 nitrogen and oxygen atoms in total. The van der Waals surface area contributed by atoms with Gasteiger partial charge in [0.1, 0.15) is 10.6 Å². The second kappa shape index (κ2) is 8.00. The van der Waals surface area contributed by atoms with E-state index in [0.717, 1.165) is 20.6 Å². The Bertz CT molecular complexity index is 1120. The summed E-state index contributed by atoms with van der Waals surface area (Å²) < 4.78 is 31.3. The predicted molar refractivity (Wildman–Crippen MR) is 110 cm³/mol. The van der Waals surface area contributed by atoms with Gasteiger partial charge in [-0.1, -0.05) is 42.5 Å². The minimum atomic E-state index is -3.70. The van der Waals surface area contributed by atoms with Gasteiger partial charge in [-0.05, 0) is 34.5 Å². The highest BCUT2D eigenvalue weighted by Crippen LogP contribution is 2.29. The molecule has 0 saturated carbocycles. The van der Waals surface area contributed by atoms with Crippen LogP contribution in [0.15, 0.2) is 65.6 Å². The average Bonchev–Trinajstić information content (AvgIpc) is 2.67. The van der Waals surface area contributed by atoms with E-state index in [2.05, 4.69) is 5.32 Å². The number of ether oxygens (including phenoxy) is 1. The van der Waals surface area contributed by atoms with Crippen molar-refractivity contribution in [3.05, 3.63) is 66.2 Å². The van der Waals surface area contributed by atoms with Crippen molar-refractivity contribution in [2.75, 3.05) is 26.5 Å². The van der Waals surface area contributed by atoms with Crippen molar-refractivity contribution >= 4 is 32.4 Å². The molecule has 3 aromatic rings. The molecule has 0 aliphatic rings. The molecule has 3 aromatic carbocycles. The minimum absolute atomic E-state index is 0.00325. The number of rotatable bonds is 6. The van der Waals surface area contributed by atoms with Crippen LogP contribution < -0.4 is 10.1 Å². The van der Waals surface area contributed by atoms with Crippen molar-refractivity contribution in [3.8, 4) is 5.75 Å². The van der Waals surface area contributed by atoms with Crippen molar-refractivity contribution in [1.29, 1.82) is 0 Å².